The smallest absolute Gasteiger partial charge is 0.269 e. The van der Waals surface area contributed by atoms with Crippen molar-refractivity contribution in [2.75, 3.05) is 13.7 Å². The van der Waals surface area contributed by atoms with Crippen LogP contribution in [0.4, 0.5) is 5.69 Å². The lowest BCUT2D eigenvalue weighted by molar-refractivity contribution is -0.384. The molecule has 2 aromatic rings. The van der Waals surface area contributed by atoms with Gasteiger partial charge in [-0.3, -0.25) is 14.9 Å². The molecule has 2 aromatic carbocycles. The van der Waals surface area contributed by atoms with Crippen LogP contribution >= 0.6 is 11.8 Å². The molecule has 1 N–H and O–H groups in total. The van der Waals surface area contributed by atoms with E-state index in [0.717, 1.165) is 18.4 Å². The van der Waals surface area contributed by atoms with Crippen molar-refractivity contribution in [1.29, 1.82) is 0 Å². The Morgan fingerprint density at radius 2 is 2.09 bits per heavy atom. The normalized spacial score (nSPS) is 17.0. The van der Waals surface area contributed by atoms with Gasteiger partial charge in [0.05, 0.1) is 30.1 Å². The Morgan fingerprint density at radius 1 is 1.25 bits per heavy atom. The average Bonchev–Trinajstić information content (AvgIpc) is 3.13. The van der Waals surface area contributed by atoms with E-state index in [1.807, 2.05) is 12.1 Å². The number of ether oxygens (including phenoxy) is 2. The Hall–Kier alpha value is -3.40. The lowest BCUT2D eigenvalue weighted by Crippen LogP contribution is -2.25. The molecule has 1 atom stereocenters. The number of rotatable bonds is 10. The van der Waals surface area contributed by atoms with Crippen LogP contribution in [-0.4, -0.2) is 41.2 Å². The average molecular weight is 457 g/mol. The number of amides is 1. The Balaban J connectivity index is 1.61. The quantitative estimate of drug-likeness (QED) is 0.251. The van der Waals surface area contributed by atoms with Gasteiger partial charge in [0.2, 0.25) is 5.91 Å². The van der Waals surface area contributed by atoms with Crippen LogP contribution in [0.1, 0.15) is 30.9 Å². The number of nitrogens with one attached hydrogen (secondary N) is 1. The highest BCUT2D eigenvalue weighted by atomic mass is 32.2. The summed E-state index contributed by atoms with van der Waals surface area (Å²) in [6.45, 7) is 2.73. The molecule has 0 aliphatic carbocycles. The highest BCUT2D eigenvalue weighted by Crippen LogP contribution is 2.28. The number of benzene rings is 2. The molecule has 9 nitrogen and oxygen atoms in total. The van der Waals surface area contributed by atoms with Crippen LogP contribution in [0.2, 0.25) is 0 Å². The van der Waals surface area contributed by atoms with Gasteiger partial charge >= 0.3 is 0 Å². The molecule has 1 saturated heterocycles. The van der Waals surface area contributed by atoms with Gasteiger partial charge < -0.3 is 14.8 Å². The van der Waals surface area contributed by atoms with E-state index in [2.05, 4.69) is 22.4 Å². The van der Waals surface area contributed by atoms with Gasteiger partial charge in [0.25, 0.3) is 5.69 Å². The fourth-order valence-electron chi connectivity index (χ4n) is 2.96. The minimum absolute atomic E-state index is 0.00149. The van der Waals surface area contributed by atoms with Crippen molar-refractivity contribution in [2.45, 2.75) is 31.4 Å². The Morgan fingerprint density at radius 3 is 2.84 bits per heavy atom. The first-order valence-electron chi connectivity index (χ1n) is 10.1. The number of nitro groups is 1. The number of unbranched alkanes of at least 4 members (excludes halogenated alkanes) is 1. The second kappa shape index (κ2) is 11.3. The molecule has 0 bridgehead atoms. The first-order chi connectivity index (χ1) is 15.5. The van der Waals surface area contributed by atoms with Crippen molar-refractivity contribution < 1.29 is 19.2 Å². The zero-order chi connectivity index (χ0) is 22.9. The summed E-state index contributed by atoms with van der Waals surface area (Å²) >= 11 is 1.25. The van der Waals surface area contributed by atoms with Crippen molar-refractivity contribution in [3.8, 4) is 11.5 Å². The summed E-state index contributed by atoms with van der Waals surface area (Å²) in [6, 6.07) is 11.7. The molecule has 0 spiro atoms. The number of carbonyl (C=O) groups is 1. The van der Waals surface area contributed by atoms with E-state index in [0.29, 0.717) is 35.3 Å². The number of carbonyl (C=O) groups excluding carboxylic acids is 1. The molecule has 3 rings (SSSR count). The molecule has 0 saturated carbocycles. The minimum atomic E-state index is -0.453. The maximum Gasteiger partial charge on any atom is 0.269 e. The number of methoxy groups -OCH3 is 1. The fraction of sp³-hybridized carbons (Fsp3) is 0.318. The number of hydrogen-bond acceptors (Lipinski definition) is 8. The Labute approximate surface area is 190 Å². The van der Waals surface area contributed by atoms with Crippen LogP contribution in [0.25, 0.3) is 0 Å². The number of nitrogens with zero attached hydrogens (tertiary/aromatic N) is 3. The van der Waals surface area contributed by atoms with Crippen LogP contribution in [0, 0.1) is 10.1 Å². The number of hydrogen-bond donors (Lipinski definition) is 1. The van der Waals surface area contributed by atoms with Gasteiger partial charge in [0.1, 0.15) is 0 Å². The fourth-order valence-corrected chi connectivity index (χ4v) is 3.92. The van der Waals surface area contributed by atoms with Crippen LogP contribution < -0.4 is 14.8 Å². The van der Waals surface area contributed by atoms with E-state index >= 15 is 0 Å². The van der Waals surface area contributed by atoms with E-state index in [-0.39, 0.29) is 11.6 Å². The molecule has 168 valence electrons. The predicted octanol–water partition coefficient (Wildman–Crippen LogP) is 3.95. The molecule has 1 amide bonds. The number of non-ortho nitro benzene ring substituents is 1. The third-order valence-electron chi connectivity index (χ3n) is 4.62. The van der Waals surface area contributed by atoms with E-state index in [1.54, 1.807) is 31.5 Å². The molecule has 1 unspecified atom stereocenters. The van der Waals surface area contributed by atoms with Crippen molar-refractivity contribution in [2.24, 2.45) is 10.2 Å². The minimum Gasteiger partial charge on any atom is -0.493 e. The lowest BCUT2D eigenvalue weighted by atomic mass is 10.1. The second-order valence-electron chi connectivity index (χ2n) is 6.99. The molecule has 1 heterocycles. The molecule has 1 aliphatic heterocycles. The van der Waals surface area contributed by atoms with Crippen LogP contribution in [0.15, 0.2) is 52.7 Å². The topological polar surface area (TPSA) is 115 Å². The Bertz CT molecular complexity index is 1040. The van der Waals surface area contributed by atoms with E-state index < -0.39 is 10.2 Å². The zero-order valence-corrected chi connectivity index (χ0v) is 18.6. The SMILES string of the molecule is CCCCOc1ccc(/C=N/N=C2\NC(=O)C(Cc3cccc([N+](=O)[O-])c3)S2)cc1OC. The summed E-state index contributed by atoms with van der Waals surface area (Å²) in [5, 5.41) is 21.7. The van der Waals surface area contributed by atoms with Crippen molar-refractivity contribution in [3.63, 3.8) is 0 Å². The summed E-state index contributed by atoms with van der Waals surface area (Å²) in [6.07, 6.45) is 3.94. The molecule has 0 aromatic heterocycles. The van der Waals surface area contributed by atoms with Gasteiger partial charge in [-0.25, -0.2) is 0 Å². The first kappa shape index (κ1) is 23.3. The molecule has 10 heteroatoms. The van der Waals surface area contributed by atoms with E-state index in [1.165, 1.54) is 23.9 Å². The molecule has 0 radical (unpaired) electrons. The Kier molecular flexibility index (Phi) is 8.20. The zero-order valence-electron chi connectivity index (χ0n) is 17.8. The van der Waals surface area contributed by atoms with Gasteiger partial charge in [0.15, 0.2) is 16.7 Å². The van der Waals surface area contributed by atoms with Crippen molar-refractivity contribution >= 4 is 34.7 Å². The summed E-state index contributed by atoms with van der Waals surface area (Å²) in [5.74, 6) is 1.08. The summed E-state index contributed by atoms with van der Waals surface area (Å²) in [7, 11) is 1.58. The number of thioether (sulfide) groups is 1. The molecule has 1 aliphatic rings. The van der Waals surface area contributed by atoms with E-state index in [9.17, 15) is 14.9 Å². The number of amidine groups is 1. The third kappa shape index (κ3) is 6.30. The maximum atomic E-state index is 12.2. The van der Waals surface area contributed by atoms with Crippen LogP contribution in [0.5, 0.6) is 11.5 Å². The van der Waals surface area contributed by atoms with Gasteiger partial charge in [-0.15, -0.1) is 5.10 Å². The molecular formula is C22H24N4O5S. The first-order valence-corrected chi connectivity index (χ1v) is 11.0. The maximum absolute atomic E-state index is 12.2. The van der Waals surface area contributed by atoms with Gasteiger partial charge in [0, 0.05) is 12.1 Å². The largest absolute Gasteiger partial charge is 0.493 e. The summed E-state index contributed by atoms with van der Waals surface area (Å²) in [4.78, 5) is 22.7. The number of nitro benzene ring substituents is 1. The third-order valence-corrected chi connectivity index (χ3v) is 5.69. The lowest BCUT2D eigenvalue weighted by Gasteiger charge is -2.10. The molecule has 32 heavy (non-hydrogen) atoms. The second-order valence-corrected chi connectivity index (χ2v) is 8.18. The van der Waals surface area contributed by atoms with Gasteiger partial charge in [-0.05, 0) is 42.2 Å². The highest BCUT2D eigenvalue weighted by Gasteiger charge is 2.30. The summed E-state index contributed by atoms with van der Waals surface area (Å²) in [5.41, 5.74) is 1.49. The standard InChI is InChI=1S/C22H24N4O5S/c1-3-4-10-31-18-9-8-16(12-19(18)30-2)14-23-25-22-24-21(27)20(32-22)13-15-6-5-7-17(11-15)26(28)29/h5-9,11-12,14,20H,3-4,10,13H2,1-2H3,(H,24,25,27)/b23-14+. The predicted molar refractivity (Wildman–Crippen MR) is 125 cm³/mol. The summed E-state index contributed by atoms with van der Waals surface area (Å²) < 4.78 is 11.1. The van der Waals surface area contributed by atoms with Crippen molar-refractivity contribution in [3.05, 3.63) is 63.7 Å². The molecular weight excluding hydrogens is 432 g/mol. The van der Waals surface area contributed by atoms with Crippen LogP contribution in [-0.2, 0) is 11.2 Å². The van der Waals surface area contributed by atoms with Crippen LogP contribution in [0.3, 0.4) is 0 Å². The van der Waals surface area contributed by atoms with Gasteiger partial charge in [-0.2, -0.15) is 5.10 Å². The van der Waals surface area contributed by atoms with Gasteiger partial charge in [-0.1, -0.05) is 37.2 Å². The molecule has 1 fully saturated rings. The van der Waals surface area contributed by atoms with Crippen molar-refractivity contribution in [1.82, 2.24) is 5.32 Å². The van der Waals surface area contributed by atoms with E-state index in [4.69, 9.17) is 9.47 Å². The monoisotopic (exact) mass is 456 g/mol. The highest BCUT2D eigenvalue weighted by molar-refractivity contribution is 8.15.